The number of para-hydroxylation sites is 1. The maximum absolute atomic E-state index is 14.4. The maximum atomic E-state index is 14.4. The molecule has 0 bridgehead atoms. The van der Waals surface area contributed by atoms with Crippen molar-refractivity contribution < 1.29 is 27.1 Å². The Hall–Kier alpha value is -4.48. The minimum atomic E-state index is -5.01. The van der Waals surface area contributed by atoms with E-state index in [0.717, 1.165) is 38.1 Å². The van der Waals surface area contributed by atoms with E-state index in [9.17, 15) is 27.2 Å². The van der Waals surface area contributed by atoms with E-state index in [4.69, 9.17) is 16.3 Å². The van der Waals surface area contributed by atoms with Crippen molar-refractivity contribution in [2.75, 3.05) is 6.61 Å². The number of aromatic nitrogens is 2. The first kappa shape index (κ1) is 30.5. The summed E-state index contributed by atoms with van der Waals surface area (Å²) in [6, 6.07) is 18.1. The van der Waals surface area contributed by atoms with Crippen molar-refractivity contribution in [1.29, 1.82) is 0 Å². The highest BCUT2D eigenvalue weighted by molar-refractivity contribution is 7.07. The normalized spacial score (nSPS) is 15.4. The predicted octanol–water partition coefficient (Wildman–Crippen LogP) is 6.44. The molecule has 3 aromatic carbocycles. The summed E-state index contributed by atoms with van der Waals surface area (Å²) in [5, 5.41) is 1.15. The largest absolute Gasteiger partial charge is 0.463 e. The second-order valence-electron chi connectivity index (χ2n) is 10.3. The van der Waals surface area contributed by atoms with E-state index in [1.165, 1.54) is 43.3 Å². The number of fused-ring (bicyclic) bond motifs is 2. The molecule has 1 aliphatic heterocycles. The second kappa shape index (κ2) is 11.8. The summed E-state index contributed by atoms with van der Waals surface area (Å²) in [5.41, 5.74) is 0.640. The van der Waals surface area contributed by atoms with Crippen molar-refractivity contribution in [3.63, 3.8) is 0 Å². The molecule has 1 atom stereocenters. The van der Waals surface area contributed by atoms with E-state index >= 15 is 0 Å². The fraction of sp³-hybridized carbons (Fsp3) is 0.182. The molecular formula is C33H24ClF4N3O3S. The van der Waals surface area contributed by atoms with Crippen LogP contribution >= 0.6 is 22.9 Å². The number of allylic oxidation sites excluding steroid dienone is 1. The Balaban J connectivity index is 1.59. The van der Waals surface area contributed by atoms with Crippen LogP contribution in [0.5, 0.6) is 0 Å². The zero-order chi connectivity index (χ0) is 32.0. The average molecular weight is 654 g/mol. The number of alkyl halides is 3. The quantitative estimate of drug-likeness (QED) is 0.156. The zero-order valence-corrected chi connectivity index (χ0v) is 25.4. The zero-order valence-electron chi connectivity index (χ0n) is 23.9. The van der Waals surface area contributed by atoms with Gasteiger partial charge in [-0.3, -0.25) is 9.36 Å². The van der Waals surface area contributed by atoms with Gasteiger partial charge < -0.3 is 9.30 Å². The lowest BCUT2D eigenvalue weighted by molar-refractivity contribution is -0.140. The monoisotopic (exact) mass is 653 g/mol. The maximum Gasteiger partial charge on any atom is 0.434 e. The van der Waals surface area contributed by atoms with Gasteiger partial charge in [-0.1, -0.05) is 65.4 Å². The number of benzene rings is 3. The number of carbonyl (C=O) groups excluding carboxylic acids is 1. The highest BCUT2D eigenvalue weighted by Gasteiger charge is 2.45. The number of hydrogen-bond donors (Lipinski definition) is 0. The van der Waals surface area contributed by atoms with Crippen LogP contribution in [0.25, 0.3) is 17.0 Å². The van der Waals surface area contributed by atoms with Gasteiger partial charge >= 0.3 is 12.1 Å². The molecule has 3 heterocycles. The topological polar surface area (TPSA) is 65.6 Å². The van der Waals surface area contributed by atoms with Gasteiger partial charge in [-0.25, -0.2) is 14.2 Å². The van der Waals surface area contributed by atoms with E-state index in [-0.39, 0.29) is 27.3 Å². The smallest absolute Gasteiger partial charge is 0.434 e. The number of ether oxygens (including phenoxy) is 1. The molecule has 12 heteroatoms. The van der Waals surface area contributed by atoms with E-state index in [0.29, 0.717) is 17.1 Å². The first-order valence-electron chi connectivity index (χ1n) is 13.9. The van der Waals surface area contributed by atoms with E-state index in [2.05, 4.69) is 4.99 Å². The molecule has 0 aliphatic carbocycles. The third kappa shape index (κ3) is 5.62. The Morgan fingerprint density at radius 1 is 1.07 bits per heavy atom. The molecule has 6 rings (SSSR count). The van der Waals surface area contributed by atoms with Crippen molar-refractivity contribution in [2.24, 2.45) is 4.99 Å². The number of hydrogen-bond acceptors (Lipinski definition) is 5. The standard InChI is InChI=1S/C33H24ClF4N3O3S/c1-3-44-31(43)27-28(20-10-12-21(34)13-11-20)41-30(42)26(45-32(41)39-29(27)33(36,37)38)16-24-18(2)40(25-7-5-4-6-23(24)25)17-19-8-14-22(35)15-9-19/h4-16,28H,3,17H2,1-2H3/b26-16-/t28-/m0/s1. The molecule has 5 aromatic rings. The Labute approximate surface area is 262 Å². The summed E-state index contributed by atoms with van der Waals surface area (Å²) in [5.74, 6) is -1.57. The van der Waals surface area contributed by atoms with Crippen LogP contribution in [0.15, 0.2) is 93.9 Å². The predicted molar refractivity (Wildman–Crippen MR) is 164 cm³/mol. The lowest BCUT2D eigenvalue weighted by Crippen LogP contribution is -2.41. The Bertz CT molecular complexity index is 2160. The van der Waals surface area contributed by atoms with Crippen LogP contribution in [0, 0.1) is 12.7 Å². The number of carbonyl (C=O) groups is 1. The molecular weight excluding hydrogens is 630 g/mol. The van der Waals surface area contributed by atoms with Crippen molar-refractivity contribution in [3.8, 4) is 0 Å². The lowest BCUT2D eigenvalue weighted by atomic mass is 9.95. The van der Waals surface area contributed by atoms with Crippen molar-refractivity contribution in [1.82, 2.24) is 9.13 Å². The van der Waals surface area contributed by atoms with Gasteiger partial charge in [0, 0.05) is 33.7 Å². The first-order chi connectivity index (χ1) is 21.5. The molecule has 0 saturated carbocycles. The van der Waals surface area contributed by atoms with Crippen LogP contribution in [-0.4, -0.2) is 27.9 Å². The van der Waals surface area contributed by atoms with E-state index < -0.39 is 35.0 Å². The number of rotatable bonds is 6. The number of nitrogens with zero attached hydrogens (tertiary/aromatic N) is 3. The summed E-state index contributed by atoms with van der Waals surface area (Å²) >= 11 is 6.86. The van der Waals surface area contributed by atoms with E-state index in [1.807, 2.05) is 35.8 Å². The molecule has 0 spiro atoms. The van der Waals surface area contributed by atoms with Crippen LogP contribution in [0.2, 0.25) is 5.02 Å². The fourth-order valence-electron chi connectivity index (χ4n) is 5.55. The summed E-state index contributed by atoms with van der Waals surface area (Å²) in [7, 11) is 0. The average Bonchev–Trinajstić information content (AvgIpc) is 3.46. The van der Waals surface area contributed by atoms with Crippen LogP contribution in [0.3, 0.4) is 0 Å². The van der Waals surface area contributed by atoms with Gasteiger partial charge in [0.15, 0.2) is 10.5 Å². The van der Waals surface area contributed by atoms with Crippen molar-refractivity contribution >= 4 is 45.9 Å². The number of halogens is 5. The van der Waals surface area contributed by atoms with Crippen molar-refractivity contribution in [2.45, 2.75) is 32.6 Å². The molecule has 0 unspecified atom stereocenters. The van der Waals surface area contributed by atoms with Crippen LogP contribution < -0.4 is 14.9 Å². The minimum Gasteiger partial charge on any atom is -0.463 e. The molecule has 6 nitrogen and oxygen atoms in total. The molecule has 0 radical (unpaired) electrons. The molecule has 0 saturated heterocycles. The number of thiazole rings is 1. The molecule has 1 aliphatic rings. The molecule has 2 aromatic heterocycles. The van der Waals surface area contributed by atoms with Crippen molar-refractivity contribution in [3.05, 3.63) is 137 Å². The van der Waals surface area contributed by atoms with Gasteiger partial charge in [0.05, 0.1) is 22.8 Å². The summed E-state index contributed by atoms with van der Waals surface area (Å²) in [4.78, 5) is 30.8. The highest BCUT2D eigenvalue weighted by Crippen LogP contribution is 2.38. The highest BCUT2D eigenvalue weighted by atomic mass is 35.5. The van der Waals surface area contributed by atoms with Crippen LogP contribution in [0.1, 0.15) is 35.3 Å². The van der Waals surface area contributed by atoms with Gasteiger partial charge in [-0.15, -0.1) is 0 Å². The second-order valence-corrected chi connectivity index (χ2v) is 11.8. The first-order valence-corrected chi connectivity index (χ1v) is 15.1. The number of esters is 1. The third-order valence-corrected chi connectivity index (χ3v) is 8.82. The Kier molecular flexibility index (Phi) is 8.00. The third-order valence-electron chi connectivity index (χ3n) is 7.59. The molecule has 45 heavy (non-hydrogen) atoms. The molecule has 0 N–H and O–H groups in total. The Morgan fingerprint density at radius 3 is 2.42 bits per heavy atom. The van der Waals surface area contributed by atoms with Crippen LogP contribution in [0.4, 0.5) is 17.6 Å². The van der Waals surface area contributed by atoms with Crippen LogP contribution in [-0.2, 0) is 16.1 Å². The van der Waals surface area contributed by atoms with E-state index in [1.54, 1.807) is 18.2 Å². The molecule has 230 valence electrons. The van der Waals surface area contributed by atoms with Gasteiger partial charge in [0.1, 0.15) is 5.82 Å². The summed E-state index contributed by atoms with van der Waals surface area (Å²) in [6.07, 6.45) is -3.37. The van der Waals surface area contributed by atoms with Gasteiger partial charge in [-0.05, 0) is 61.4 Å². The summed E-state index contributed by atoms with van der Waals surface area (Å²) in [6.45, 7) is 3.61. The SMILES string of the molecule is CCOC(=O)C1=C(C(F)(F)F)N=c2s/c(=C\c3c(C)n(Cc4ccc(F)cc4)c4ccccc34)c(=O)n2[C@H]1c1ccc(Cl)cc1. The molecule has 0 amide bonds. The van der Waals surface area contributed by atoms with Gasteiger partial charge in [0.2, 0.25) is 0 Å². The minimum absolute atomic E-state index is 0.132. The fourth-order valence-corrected chi connectivity index (χ4v) is 6.66. The van der Waals surface area contributed by atoms with Gasteiger partial charge in [-0.2, -0.15) is 13.2 Å². The molecule has 0 fully saturated rings. The van der Waals surface area contributed by atoms with Gasteiger partial charge in [0.25, 0.3) is 5.56 Å². The Morgan fingerprint density at radius 2 is 1.76 bits per heavy atom. The lowest BCUT2D eigenvalue weighted by Gasteiger charge is -2.26. The summed E-state index contributed by atoms with van der Waals surface area (Å²) < 4.78 is 65.1.